The van der Waals surface area contributed by atoms with Crippen LogP contribution in [0.2, 0.25) is 5.02 Å². The second kappa shape index (κ2) is 5.62. The molecule has 0 aliphatic heterocycles. The van der Waals surface area contributed by atoms with E-state index in [1.807, 2.05) is 0 Å². The van der Waals surface area contributed by atoms with Gasteiger partial charge in [0.05, 0.1) is 10.6 Å². The maximum Gasteiger partial charge on any atom is 0.337 e. The monoisotopic (exact) mass is 394 g/mol. The summed E-state index contributed by atoms with van der Waals surface area (Å²) in [5.74, 6) is -1.26. The van der Waals surface area contributed by atoms with Gasteiger partial charge in [0.15, 0.2) is 4.60 Å². The van der Waals surface area contributed by atoms with Gasteiger partial charge in [0.2, 0.25) is 5.03 Å². The van der Waals surface area contributed by atoms with E-state index in [-0.39, 0.29) is 25.9 Å². The lowest BCUT2D eigenvalue weighted by Crippen LogP contribution is -2.17. The van der Waals surface area contributed by atoms with Crippen molar-refractivity contribution in [3.63, 3.8) is 0 Å². The third kappa shape index (κ3) is 3.17. The number of halogens is 2. The zero-order chi connectivity index (χ0) is 15.8. The van der Waals surface area contributed by atoms with Gasteiger partial charge in [-0.1, -0.05) is 16.8 Å². The summed E-state index contributed by atoms with van der Waals surface area (Å²) in [5, 5.41) is 15.9. The Bertz CT molecular complexity index is 801. The smallest absolute Gasteiger partial charge is 0.337 e. The molecule has 11 heteroatoms. The Labute approximate surface area is 132 Å². The summed E-state index contributed by atoms with van der Waals surface area (Å²) < 4.78 is 27.9. The average molecular weight is 396 g/mol. The molecule has 1 aromatic heterocycles. The lowest BCUT2D eigenvalue weighted by molar-refractivity contribution is 0.0697. The summed E-state index contributed by atoms with van der Waals surface area (Å²) in [6.45, 7) is 0. The highest BCUT2D eigenvalue weighted by molar-refractivity contribution is 9.10. The molecule has 0 amide bonds. The minimum Gasteiger partial charge on any atom is -0.478 e. The Morgan fingerprint density at radius 3 is 2.67 bits per heavy atom. The first-order chi connectivity index (χ1) is 9.72. The van der Waals surface area contributed by atoms with Gasteiger partial charge in [-0.15, -0.1) is 5.10 Å². The van der Waals surface area contributed by atoms with E-state index < -0.39 is 16.0 Å². The van der Waals surface area contributed by atoms with Gasteiger partial charge < -0.3 is 5.11 Å². The zero-order valence-electron chi connectivity index (χ0n) is 10.4. The van der Waals surface area contributed by atoms with Crippen LogP contribution >= 0.6 is 27.5 Å². The number of anilines is 1. The van der Waals surface area contributed by atoms with E-state index in [4.69, 9.17) is 16.7 Å². The summed E-state index contributed by atoms with van der Waals surface area (Å²) in [6.07, 6.45) is 0. The standard InChI is InChI=1S/C10H8BrClN4O4S/c1-16-9(8(11)13-15-16)21(19,20)14-5-2-3-7(12)6(4-5)10(17)18/h2-4,14H,1H3,(H,17,18). The Hall–Kier alpha value is -1.65. The molecule has 0 fully saturated rings. The van der Waals surface area contributed by atoms with Crippen molar-refractivity contribution >= 4 is 49.2 Å². The number of nitrogens with one attached hydrogen (secondary N) is 1. The molecule has 0 aliphatic rings. The van der Waals surface area contributed by atoms with E-state index in [1.165, 1.54) is 19.2 Å². The summed E-state index contributed by atoms with van der Waals surface area (Å²) >= 11 is 8.71. The van der Waals surface area contributed by atoms with Crippen molar-refractivity contribution < 1.29 is 18.3 Å². The van der Waals surface area contributed by atoms with Crippen LogP contribution in [0.15, 0.2) is 27.8 Å². The second-order valence-electron chi connectivity index (χ2n) is 3.91. The first-order valence-corrected chi connectivity index (χ1v) is 7.98. The van der Waals surface area contributed by atoms with Crippen molar-refractivity contribution in [2.45, 2.75) is 5.03 Å². The Morgan fingerprint density at radius 1 is 1.48 bits per heavy atom. The Balaban J connectivity index is 2.42. The third-order valence-corrected chi connectivity index (χ3v) is 5.04. The predicted octanol–water partition coefficient (Wildman–Crippen LogP) is 1.73. The number of carbonyl (C=O) groups is 1. The number of rotatable bonds is 4. The molecule has 21 heavy (non-hydrogen) atoms. The highest BCUT2D eigenvalue weighted by atomic mass is 79.9. The second-order valence-corrected chi connectivity index (χ2v) is 6.67. The highest BCUT2D eigenvalue weighted by Gasteiger charge is 2.24. The summed E-state index contributed by atoms with van der Waals surface area (Å²) in [7, 11) is -2.57. The number of sulfonamides is 1. The SMILES string of the molecule is Cn1nnc(Br)c1S(=O)(=O)Nc1ccc(Cl)c(C(=O)O)c1. The first kappa shape index (κ1) is 15.7. The van der Waals surface area contributed by atoms with Crippen LogP contribution in [-0.2, 0) is 17.1 Å². The number of hydrogen-bond acceptors (Lipinski definition) is 5. The number of nitrogens with zero attached hydrogens (tertiary/aromatic N) is 3. The van der Waals surface area contributed by atoms with Gasteiger partial charge in [-0.05, 0) is 34.1 Å². The summed E-state index contributed by atoms with van der Waals surface area (Å²) in [6, 6.07) is 3.77. The van der Waals surface area contributed by atoms with Crippen LogP contribution in [0.4, 0.5) is 5.69 Å². The van der Waals surface area contributed by atoms with Crippen molar-refractivity contribution in [3.8, 4) is 0 Å². The van der Waals surface area contributed by atoms with Crippen molar-refractivity contribution in [2.24, 2.45) is 7.05 Å². The fourth-order valence-electron chi connectivity index (χ4n) is 1.56. The normalized spacial score (nSPS) is 11.4. The molecule has 0 saturated heterocycles. The molecule has 0 aliphatic carbocycles. The summed E-state index contributed by atoms with van der Waals surface area (Å²) in [4.78, 5) is 11.0. The number of carboxylic acids is 1. The van der Waals surface area contributed by atoms with Crippen molar-refractivity contribution in [3.05, 3.63) is 33.4 Å². The van der Waals surface area contributed by atoms with E-state index in [0.717, 1.165) is 10.7 Å². The van der Waals surface area contributed by atoms with Crippen molar-refractivity contribution in [1.82, 2.24) is 15.0 Å². The number of aromatic carboxylic acids is 1. The number of benzene rings is 1. The van der Waals surface area contributed by atoms with E-state index in [2.05, 4.69) is 31.0 Å². The van der Waals surface area contributed by atoms with E-state index >= 15 is 0 Å². The van der Waals surface area contributed by atoms with Crippen LogP contribution in [0.5, 0.6) is 0 Å². The molecular weight excluding hydrogens is 388 g/mol. The molecule has 0 atom stereocenters. The quantitative estimate of drug-likeness (QED) is 0.815. The van der Waals surface area contributed by atoms with Crippen molar-refractivity contribution in [2.75, 3.05) is 4.72 Å². The van der Waals surface area contributed by atoms with E-state index in [0.29, 0.717) is 0 Å². The van der Waals surface area contributed by atoms with Gasteiger partial charge >= 0.3 is 5.97 Å². The molecule has 2 aromatic rings. The number of aromatic nitrogens is 3. The number of carboxylic acid groups (broad SMARTS) is 1. The molecule has 0 spiro atoms. The number of hydrogen-bond donors (Lipinski definition) is 2. The molecule has 0 saturated carbocycles. The maximum atomic E-state index is 12.2. The maximum absolute atomic E-state index is 12.2. The predicted molar refractivity (Wildman–Crippen MR) is 77.9 cm³/mol. The lowest BCUT2D eigenvalue weighted by atomic mass is 10.2. The van der Waals surface area contributed by atoms with Crippen molar-refractivity contribution in [1.29, 1.82) is 0 Å². The molecule has 1 heterocycles. The minimum absolute atomic E-state index is 0.00817. The van der Waals surface area contributed by atoms with Gasteiger partial charge in [0, 0.05) is 12.7 Å². The van der Waals surface area contributed by atoms with Crippen LogP contribution in [0.3, 0.4) is 0 Å². The van der Waals surface area contributed by atoms with Crippen LogP contribution in [0.1, 0.15) is 10.4 Å². The molecule has 0 unspecified atom stereocenters. The van der Waals surface area contributed by atoms with Crippen LogP contribution in [0.25, 0.3) is 0 Å². The minimum atomic E-state index is -3.98. The van der Waals surface area contributed by atoms with Gasteiger partial charge in [0.25, 0.3) is 10.0 Å². The van der Waals surface area contributed by atoms with Crippen LogP contribution < -0.4 is 4.72 Å². The van der Waals surface area contributed by atoms with Gasteiger partial charge in [-0.25, -0.2) is 9.48 Å². The first-order valence-electron chi connectivity index (χ1n) is 5.33. The van der Waals surface area contributed by atoms with E-state index in [1.54, 1.807) is 0 Å². The molecule has 2 rings (SSSR count). The molecule has 8 nitrogen and oxygen atoms in total. The van der Waals surface area contributed by atoms with Gasteiger partial charge in [-0.2, -0.15) is 8.42 Å². The molecular formula is C10H8BrClN4O4S. The fraction of sp³-hybridized carbons (Fsp3) is 0.100. The molecule has 0 radical (unpaired) electrons. The van der Waals surface area contributed by atoms with Crippen LogP contribution in [0, 0.1) is 0 Å². The number of aryl methyl sites for hydroxylation is 1. The highest BCUT2D eigenvalue weighted by Crippen LogP contribution is 2.24. The molecule has 0 bridgehead atoms. The van der Waals surface area contributed by atoms with Crippen LogP contribution in [-0.4, -0.2) is 34.5 Å². The Kier molecular flexibility index (Phi) is 4.21. The Morgan fingerprint density at radius 2 is 2.14 bits per heavy atom. The fourth-order valence-corrected chi connectivity index (χ4v) is 3.91. The third-order valence-electron chi connectivity index (χ3n) is 2.44. The van der Waals surface area contributed by atoms with E-state index in [9.17, 15) is 13.2 Å². The molecule has 1 aromatic carbocycles. The molecule has 2 N–H and O–H groups in total. The summed E-state index contributed by atoms with van der Waals surface area (Å²) in [5.41, 5.74) is -0.149. The topological polar surface area (TPSA) is 114 Å². The lowest BCUT2D eigenvalue weighted by Gasteiger charge is -2.09. The largest absolute Gasteiger partial charge is 0.478 e. The van der Waals surface area contributed by atoms with Gasteiger partial charge in [0.1, 0.15) is 0 Å². The van der Waals surface area contributed by atoms with Gasteiger partial charge in [-0.3, -0.25) is 4.72 Å². The average Bonchev–Trinajstić information content (AvgIpc) is 2.71. The zero-order valence-corrected chi connectivity index (χ0v) is 13.6. The molecule has 112 valence electrons.